The van der Waals surface area contributed by atoms with Crippen LogP contribution in [0.15, 0.2) is 22.8 Å². The number of likely N-dealkylation sites (N-methyl/N-ethyl adjacent to an activating group) is 1. The summed E-state index contributed by atoms with van der Waals surface area (Å²) in [6.45, 7) is 0.383. The molecular weight excluding hydrogens is 242 g/mol. The van der Waals surface area contributed by atoms with E-state index in [-0.39, 0.29) is 17.5 Å². The molecule has 1 N–H and O–H groups in total. The van der Waals surface area contributed by atoms with E-state index in [1.54, 1.807) is 12.1 Å². The number of nitrogens with zero attached hydrogens (tertiary/aromatic N) is 1. The lowest BCUT2D eigenvalue weighted by Crippen LogP contribution is -2.35. The minimum atomic E-state index is -2.88. The lowest BCUT2D eigenvalue weighted by atomic mass is 10.2. The Kier molecular flexibility index (Phi) is 3.56. The SMILES string of the molecule is CN(CC(O)c1ccco1)C1CCS(=O)(=O)C1. The van der Waals surface area contributed by atoms with Crippen LogP contribution in [0.3, 0.4) is 0 Å². The minimum absolute atomic E-state index is 0.00427. The molecule has 5 nitrogen and oxygen atoms in total. The Hall–Kier alpha value is -0.850. The van der Waals surface area contributed by atoms with Gasteiger partial charge in [0.2, 0.25) is 0 Å². The van der Waals surface area contributed by atoms with E-state index in [9.17, 15) is 13.5 Å². The monoisotopic (exact) mass is 259 g/mol. The van der Waals surface area contributed by atoms with E-state index >= 15 is 0 Å². The van der Waals surface area contributed by atoms with Crippen LogP contribution >= 0.6 is 0 Å². The van der Waals surface area contributed by atoms with Crippen molar-refractivity contribution in [3.8, 4) is 0 Å². The topological polar surface area (TPSA) is 70.8 Å². The van der Waals surface area contributed by atoms with E-state index in [0.29, 0.717) is 18.7 Å². The Morgan fingerprint density at radius 1 is 1.65 bits per heavy atom. The van der Waals surface area contributed by atoms with Crippen LogP contribution in [0.25, 0.3) is 0 Å². The van der Waals surface area contributed by atoms with Crippen molar-refractivity contribution in [1.29, 1.82) is 0 Å². The van der Waals surface area contributed by atoms with E-state index < -0.39 is 15.9 Å². The van der Waals surface area contributed by atoms with Gasteiger partial charge < -0.3 is 9.52 Å². The Morgan fingerprint density at radius 3 is 2.94 bits per heavy atom. The summed E-state index contributed by atoms with van der Waals surface area (Å²) in [6, 6.07) is 3.44. The van der Waals surface area contributed by atoms with Gasteiger partial charge in [0, 0.05) is 12.6 Å². The minimum Gasteiger partial charge on any atom is -0.467 e. The van der Waals surface area contributed by atoms with Crippen molar-refractivity contribution in [1.82, 2.24) is 4.90 Å². The summed E-state index contributed by atoms with van der Waals surface area (Å²) in [5.74, 6) is 0.949. The second-order valence-corrected chi connectivity index (χ2v) is 6.76. The molecule has 0 saturated carbocycles. The van der Waals surface area contributed by atoms with Crippen LogP contribution in [0.5, 0.6) is 0 Å². The van der Waals surface area contributed by atoms with Gasteiger partial charge in [0.1, 0.15) is 11.9 Å². The van der Waals surface area contributed by atoms with Gasteiger partial charge in [-0.15, -0.1) is 0 Å². The Balaban J connectivity index is 1.92. The van der Waals surface area contributed by atoms with Crippen molar-refractivity contribution in [2.75, 3.05) is 25.1 Å². The molecule has 0 bridgehead atoms. The van der Waals surface area contributed by atoms with Crippen molar-refractivity contribution in [3.63, 3.8) is 0 Å². The molecule has 2 heterocycles. The normalized spacial score (nSPS) is 25.2. The molecule has 96 valence electrons. The first-order valence-corrected chi connectivity index (χ1v) is 7.42. The second kappa shape index (κ2) is 4.80. The lowest BCUT2D eigenvalue weighted by molar-refractivity contribution is 0.0918. The first-order valence-electron chi connectivity index (χ1n) is 5.60. The fourth-order valence-electron chi connectivity index (χ4n) is 2.12. The molecule has 1 aliphatic heterocycles. The summed E-state index contributed by atoms with van der Waals surface area (Å²) in [6.07, 6.45) is 1.45. The number of furan rings is 1. The van der Waals surface area contributed by atoms with Gasteiger partial charge in [-0.1, -0.05) is 0 Å². The van der Waals surface area contributed by atoms with Crippen molar-refractivity contribution in [2.45, 2.75) is 18.6 Å². The van der Waals surface area contributed by atoms with Crippen molar-refractivity contribution >= 4 is 9.84 Å². The molecule has 1 aromatic heterocycles. The van der Waals surface area contributed by atoms with Crippen molar-refractivity contribution in [3.05, 3.63) is 24.2 Å². The zero-order valence-corrected chi connectivity index (χ0v) is 10.6. The van der Waals surface area contributed by atoms with E-state index in [1.165, 1.54) is 6.26 Å². The molecule has 2 atom stereocenters. The molecule has 0 amide bonds. The molecular formula is C11H17NO4S. The highest BCUT2D eigenvalue weighted by molar-refractivity contribution is 7.91. The van der Waals surface area contributed by atoms with Crippen LogP contribution in [-0.2, 0) is 9.84 Å². The Bertz CT molecular complexity index is 454. The molecule has 0 aliphatic carbocycles. The average molecular weight is 259 g/mol. The summed E-state index contributed by atoms with van der Waals surface area (Å²) in [4.78, 5) is 1.89. The van der Waals surface area contributed by atoms with Gasteiger partial charge in [-0.3, -0.25) is 4.90 Å². The van der Waals surface area contributed by atoms with Crippen LogP contribution in [0.2, 0.25) is 0 Å². The fourth-order valence-corrected chi connectivity index (χ4v) is 3.92. The zero-order chi connectivity index (χ0) is 12.5. The largest absolute Gasteiger partial charge is 0.467 e. The second-order valence-electron chi connectivity index (χ2n) is 4.53. The highest BCUT2D eigenvalue weighted by atomic mass is 32.2. The van der Waals surface area contributed by atoms with Gasteiger partial charge in [-0.2, -0.15) is 0 Å². The standard InChI is InChI=1S/C11H17NO4S/c1-12(9-4-6-17(14,15)8-9)7-10(13)11-3-2-5-16-11/h2-3,5,9-10,13H,4,6-8H2,1H3. The van der Waals surface area contributed by atoms with Gasteiger partial charge >= 0.3 is 0 Å². The average Bonchev–Trinajstić information content (AvgIpc) is 2.86. The van der Waals surface area contributed by atoms with Crippen molar-refractivity contribution < 1.29 is 17.9 Å². The summed E-state index contributed by atoms with van der Waals surface area (Å²) in [7, 11) is -1.05. The Morgan fingerprint density at radius 2 is 2.41 bits per heavy atom. The van der Waals surface area contributed by atoms with E-state index in [1.807, 2.05) is 11.9 Å². The van der Waals surface area contributed by atoms with Crippen LogP contribution in [-0.4, -0.2) is 49.6 Å². The molecule has 2 rings (SSSR count). The Labute approximate surface area is 101 Å². The third-order valence-electron chi connectivity index (χ3n) is 3.16. The van der Waals surface area contributed by atoms with Crippen LogP contribution < -0.4 is 0 Å². The van der Waals surface area contributed by atoms with E-state index in [4.69, 9.17) is 4.42 Å². The van der Waals surface area contributed by atoms with E-state index in [2.05, 4.69) is 0 Å². The molecule has 1 fully saturated rings. The number of hydrogen-bond donors (Lipinski definition) is 1. The summed E-state index contributed by atoms with van der Waals surface area (Å²) in [5.41, 5.74) is 0. The molecule has 0 spiro atoms. The summed E-state index contributed by atoms with van der Waals surface area (Å²) in [5, 5.41) is 9.89. The number of sulfone groups is 1. The molecule has 1 aliphatic rings. The number of aliphatic hydroxyl groups is 1. The number of aliphatic hydroxyl groups excluding tert-OH is 1. The maximum atomic E-state index is 11.4. The molecule has 1 aromatic rings. The molecule has 2 unspecified atom stereocenters. The van der Waals surface area contributed by atoms with Gasteiger partial charge in [0.15, 0.2) is 9.84 Å². The van der Waals surface area contributed by atoms with Gasteiger partial charge in [-0.25, -0.2) is 8.42 Å². The number of rotatable bonds is 4. The first kappa shape index (κ1) is 12.6. The smallest absolute Gasteiger partial charge is 0.151 e. The highest BCUT2D eigenvalue weighted by Gasteiger charge is 2.31. The molecule has 1 saturated heterocycles. The number of hydrogen-bond acceptors (Lipinski definition) is 5. The third kappa shape index (κ3) is 3.08. The zero-order valence-electron chi connectivity index (χ0n) is 9.74. The first-order chi connectivity index (χ1) is 7.98. The van der Waals surface area contributed by atoms with Crippen molar-refractivity contribution in [2.24, 2.45) is 0 Å². The summed E-state index contributed by atoms with van der Waals surface area (Å²) < 4.78 is 27.8. The third-order valence-corrected chi connectivity index (χ3v) is 4.91. The predicted octanol–water partition coefficient (Wildman–Crippen LogP) is 0.432. The fraction of sp³-hybridized carbons (Fsp3) is 0.636. The maximum Gasteiger partial charge on any atom is 0.151 e. The predicted molar refractivity (Wildman–Crippen MR) is 63.4 cm³/mol. The summed E-state index contributed by atoms with van der Waals surface area (Å²) >= 11 is 0. The van der Waals surface area contributed by atoms with Gasteiger partial charge in [-0.05, 0) is 25.6 Å². The van der Waals surface area contributed by atoms with E-state index in [0.717, 1.165) is 0 Å². The van der Waals surface area contributed by atoms with Crippen LogP contribution in [0.1, 0.15) is 18.3 Å². The highest BCUT2D eigenvalue weighted by Crippen LogP contribution is 2.20. The maximum absolute atomic E-state index is 11.4. The van der Waals surface area contributed by atoms with Crippen LogP contribution in [0.4, 0.5) is 0 Å². The van der Waals surface area contributed by atoms with Crippen LogP contribution in [0, 0.1) is 0 Å². The molecule has 0 aromatic carbocycles. The molecule has 6 heteroatoms. The van der Waals surface area contributed by atoms with Gasteiger partial charge in [0.05, 0.1) is 17.8 Å². The molecule has 0 radical (unpaired) electrons. The van der Waals surface area contributed by atoms with Gasteiger partial charge in [0.25, 0.3) is 0 Å². The molecule has 17 heavy (non-hydrogen) atoms. The quantitative estimate of drug-likeness (QED) is 0.849. The lowest BCUT2D eigenvalue weighted by Gasteiger charge is -2.24.